The van der Waals surface area contributed by atoms with Gasteiger partial charge in [-0.15, -0.1) is 0 Å². The van der Waals surface area contributed by atoms with Gasteiger partial charge in [-0.05, 0) is 53.5 Å². The lowest BCUT2D eigenvalue weighted by molar-refractivity contribution is 0.0105. The minimum atomic E-state index is -0.553. The Morgan fingerprint density at radius 1 is 1.27 bits per heavy atom. The third-order valence-corrected chi connectivity index (χ3v) is 7.45. The van der Waals surface area contributed by atoms with Crippen molar-refractivity contribution in [2.24, 2.45) is 5.92 Å². The van der Waals surface area contributed by atoms with E-state index < -0.39 is 4.33 Å². The molecule has 2 bridgehead atoms. The van der Waals surface area contributed by atoms with Gasteiger partial charge >= 0.3 is 0 Å². The van der Waals surface area contributed by atoms with E-state index in [0.29, 0.717) is 29.7 Å². The Bertz CT molecular complexity index is 632. The Morgan fingerprint density at radius 3 is 2.59 bits per heavy atom. The van der Waals surface area contributed by atoms with Gasteiger partial charge in [-0.3, -0.25) is 4.90 Å². The first-order chi connectivity index (χ1) is 10.3. The molecule has 0 radical (unpaired) electrons. The average molecular weight is 340 g/mol. The smallest absolute Gasteiger partial charge is 0.135 e. The molecule has 1 heterocycles. The molecule has 5 atom stereocenters. The first kappa shape index (κ1) is 15.1. The SMILES string of the molecule is CC1[C@@H]2[C@H](C)c3ccc(O)cc3C1(C)CCN2C1CC1(Cl)Cl. The van der Waals surface area contributed by atoms with Crippen LogP contribution in [-0.2, 0) is 5.41 Å². The molecule has 2 fully saturated rings. The fourth-order valence-corrected chi connectivity index (χ4v) is 5.59. The van der Waals surface area contributed by atoms with Crippen molar-refractivity contribution < 1.29 is 5.11 Å². The average Bonchev–Trinajstić information content (AvgIpc) is 3.08. The molecule has 1 saturated heterocycles. The number of halogens is 2. The molecule has 4 heteroatoms. The van der Waals surface area contributed by atoms with Crippen LogP contribution in [0.4, 0.5) is 0 Å². The standard InChI is InChI=1S/C18H23Cl2NO/c1-10-13-5-4-12(22)8-14(13)17(3)6-7-21(16(10)11(17)2)15-9-18(15,19)20/h4-5,8,10-11,15-16,22H,6-7,9H2,1-3H3/t10-,11?,15?,16+,17?/m1/s1. The number of aromatic hydroxyl groups is 1. The van der Waals surface area contributed by atoms with E-state index in [2.05, 4.69) is 31.7 Å². The zero-order valence-electron chi connectivity index (χ0n) is 13.3. The summed E-state index contributed by atoms with van der Waals surface area (Å²) in [5.41, 5.74) is 2.84. The van der Waals surface area contributed by atoms with E-state index in [1.54, 1.807) is 0 Å². The monoisotopic (exact) mass is 339 g/mol. The Morgan fingerprint density at radius 2 is 1.95 bits per heavy atom. The van der Waals surface area contributed by atoms with Gasteiger partial charge in [0.25, 0.3) is 0 Å². The van der Waals surface area contributed by atoms with Crippen LogP contribution in [0.25, 0.3) is 0 Å². The maximum atomic E-state index is 9.95. The van der Waals surface area contributed by atoms with Crippen molar-refractivity contribution >= 4 is 23.2 Å². The molecule has 1 aromatic rings. The van der Waals surface area contributed by atoms with Crippen LogP contribution < -0.4 is 0 Å². The first-order valence-electron chi connectivity index (χ1n) is 8.22. The molecule has 3 unspecified atom stereocenters. The minimum Gasteiger partial charge on any atom is -0.508 e. The van der Waals surface area contributed by atoms with Gasteiger partial charge in [0.05, 0.1) is 0 Å². The number of rotatable bonds is 1. The lowest BCUT2D eigenvalue weighted by Crippen LogP contribution is -2.60. The highest BCUT2D eigenvalue weighted by Crippen LogP contribution is 2.59. The van der Waals surface area contributed by atoms with Crippen molar-refractivity contribution in [2.45, 2.75) is 61.4 Å². The molecule has 1 N–H and O–H groups in total. The number of piperidine rings is 1. The van der Waals surface area contributed by atoms with E-state index in [1.165, 1.54) is 11.1 Å². The van der Waals surface area contributed by atoms with Crippen molar-refractivity contribution in [3.63, 3.8) is 0 Å². The van der Waals surface area contributed by atoms with Crippen molar-refractivity contribution in [2.75, 3.05) is 6.54 Å². The molecule has 1 aromatic carbocycles. The summed E-state index contributed by atoms with van der Waals surface area (Å²) in [5, 5.41) is 9.95. The molecule has 1 aliphatic heterocycles. The number of benzene rings is 1. The Kier molecular flexibility index (Phi) is 3.13. The summed E-state index contributed by atoms with van der Waals surface area (Å²) in [4.78, 5) is 2.56. The maximum Gasteiger partial charge on any atom is 0.135 e. The largest absolute Gasteiger partial charge is 0.508 e. The molecule has 2 nitrogen and oxygen atoms in total. The van der Waals surface area contributed by atoms with Crippen LogP contribution in [0.15, 0.2) is 18.2 Å². The zero-order chi connectivity index (χ0) is 15.9. The summed E-state index contributed by atoms with van der Waals surface area (Å²) < 4.78 is -0.553. The van der Waals surface area contributed by atoms with Crippen LogP contribution in [-0.4, -0.2) is 33.0 Å². The lowest BCUT2D eigenvalue weighted by Gasteiger charge is -2.57. The second-order valence-corrected chi connectivity index (χ2v) is 9.27. The molecule has 4 rings (SSSR count). The molecule has 3 aliphatic rings. The molecular weight excluding hydrogens is 317 g/mol. The number of hydrogen-bond acceptors (Lipinski definition) is 2. The first-order valence-corrected chi connectivity index (χ1v) is 8.98. The summed E-state index contributed by atoms with van der Waals surface area (Å²) >= 11 is 12.7. The van der Waals surface area contributed by atoms with E-state index in [-0.39, 0.29) is 5.41 Å². The zero-order valence-corrected chi connectivity index (χ0v) is 14.8. The summed E-state index contributed by atoms with van der Waals surface area (Å²) in [6.07, 6.45) is 1.97. The highest BCUT2D eigenvalue weighted by Gasteiger charge is 2.61. The van der Waals surface area contributed by atoms with Crippen LogP contribution >= 0.6 is 23.2 Å². The summed E-state index contributed by atoms with van der Waals surface area (Å²) in [5.74, 6) is 1.34. The lowest BCUT2D eigenvalue weighted by atomic mass is 9.56. The number of phenolic OH excluding ortho intramolecular Hbond substituents is 1. The van der Waals surface area contributed by atoms with E-state index in [4.69, 9.17) is 23.2 Å². The van der Waals surface area contributed by atoms with Crippen LogP contribution in [0.2, 0.25) is 0 Å². The topological polar surface area (TPSA) is 23.5 Å². The number of alkyl halides is 2. The summed E-state index contributed by atoms with van der Waals surface area (Å²) in [7, 11) is 0. The number of nitrogens with zero attached hydrogens (tertiary/aromatic N) is 1. The second-order valence-electron chi connectivity index (χ2n) is 7.73. The molecule has 1 saturated carbocycles. The van der Waals surface area contributed by atoms with E-state index in [9.17, 15) is 5.11 Å². The van der Waals surface area contributed by atoms with Crippen molar-refractivity contribution in [3.8, 4) is 5.75 Å². The van der Waals surface area contributed by atoms with Gasteiger partial charge in [0.15, 0.2) is 0 Å². The Labute approximate surface area is 142 Å². The van der Waals surface area contributed by atoms with Crippen LogP contribution in [0.3, 0.4) is 0 Å². The van der Waals surface area contributed by atoms with Crippen LogP contribution in [0, 0.1) is 5.92 Å². The maximum absolute atomic E-state index is 9.95. The number of likely N-dealkylation sites (tertiary alicyclic amines) is 1. The van der Waals surface area contributed by atoms with Crippen LogP contribution in [0.1, 0.15) is 50.7 Å². The number of fused-ring (bicyclic) bond motifs is 4. The molecule has 22 heavy (non-hydrogen) atoms. The predicted molar refractivity (Wildman–Crippen MR) is 91.0 cm³/mol. The molecule has 2 aliphatic carbocycles. The van der Waals surface area contributed by atoms with Crippen molar-refractivity contribution in [1.29, 1.82) is 0 Å². The minimum absolute atomic E-state index is 0.123. The third-order valence-electron chi connectivity index (χ3n) is 6.64. The van der Waals surface area contributed by atoms with Gasteiger partial charge in [-0.1, -0.05) is 50.0 Å². The fraction of sp³-hybridized carbons (Fsp3) is 0.667. The Balaban J connectivity index is 1.80. The molecule has 0 spiro atoms. The van der Waals surface area contributed by atoms with Gasteiger partial charge in [0.1, 0.15) is 10.1 Å². The molecular formula is C18H23Cl2NO. The molecule has 120 valence electrons. The van der Waals surface area contributed by atoms with E-state index in [1.807, 2.05) is 12.1 Å². The summed E-state index contributed by atoms with van der Waals surface area (Å²) in [6.45, 7) is 8.05. The van der Waals surface area contributed by atoms with E-state index >= 15 is 0 Å². The van der Waals surface area contributed by atoms with Crippen molar-refractivity contribution in [1.82, 2.24) is 4.90 Å². The van der Waals surface area contributed by atoms with Crippen molar-refractivity contribution in [3.05, 3.63) is 29.3 Å². The second kappa shape index (κ2) is 4.55. The fourth-order valence-electron chi connectivity index (χ4n) is 5.04. The normalized spacial score (nSPS) is 42.8. The quantitative estimate of drug-likeness (QED) is 0.765. The van der Waals surface area contributed by atoms with Gasteiger partial charge in [0.2, 0.25) is 0 Å². The third kappa shape index (κ3) is 1.90. The number of phenols is 1. The summed E-state index contributed by atoms with van der Waals surface area (Å²) in [6, 6.07) is 6.68. The highest BCUT2D eigenvalue weighted by molar-refractivity contribution is 6.51. The van der Waals surface area contributed by atoms with E-state index in [0.717, 1.165) is 19.4 Å². The Hall–Kier alpha value is -0.440. The highest BCUT2D eigenvalue weighted by atomic mass is 35.5. The molecule has 0 amide bonds. The number of hydrogen-bond donors (Lipinski definition) is 1. The van der Waals surface area contributed by atoms with Gasteiger partial charge in [-0.25, -0.2) is 0 Å². The van der Waals surface area contributed by atoms with Gasteiger partial charge in [-0.2, -0.15) is 0 Å². The van der Waals surface area contributed by atoms with Crippen LogP contribution in [0.5, 0.6) is 5.75 Å². The van der Waals surface area contributed by atoms with Gasteiger partial charge < -0.3 is 5.11 Å². The molecule has 0 aromatic heterocycles. The predicted octanol–water partition coefficient (Wildman–Crippen LogP) is 4.42. The van der Waals surface area contributed by atoms with Gasteiger partial charge in [0, 0.05) is 18.5 Å².